The van der Waals surface area contributed by atoms with E-state index in [0.717, 1.165) is 11.3 Å². The lowest BCUT2D eigenvalue weighted by Crippen LogP contribution is -2.19. The Morgan fingerprint density at radius 2 is 1.69 bits per heavy atom. The highest BCUT2D eigenvalue weighted by atomic mass is 16.2. The third-order valence-corrected chi connectivity index (χ3v) is 4.71. The smallest absolute Gasteiger partial charge is 0.255 e. The first-order chi connectivity index (χ1) is 17.3. The fourth-order valence-electron chi connectivity index (χ4n) is 2.84. The van der Waals surface area contributed by atoms with E-state index in [0.29, 0.717) is 36.3 Å². The number of primary amides is 1. The highest BCUT2D eigenvalue weighted by molar-refractivity contribution is 6.05. The van der Waals surface area contributed by atoms with Crippen LogP contribution in [0, 0.1) is 0 Å². The zero-order chi connectivity index (χ0) is 26.8. The van der Waals surface area contributed by atoms with Crippen LogP contribution in [0.25, 0.3) is 0 Å². The summed E-state index contributed by atoms with van der Waals surface area (Å²) in [5, 5.41) is 5.39. The van der Waals surface area contributed by atoms with Gasteiger partial charge in [-0.3, -0.25) is 14.4 Å². The summed E-state index contributed by atoms with van der Waals surface area (Å²) in [6.45, 7) is 4.40. The third kappa shape index (κ3) is 11.5. The van der Waals surface area contributed by atoms with E-state index < -0.39 is 0 Å². The van der Waals surface area contributed by atoms with E-state index in [1.165, 1.54) is 0 Å². The summed E-state index contributed by atoms with van der Waals surface area (Å²) < 4.78 is 0. The normalized spacial score (nSPS) is 11.2. The van der Waals surface area contributed by atoms with E-state index in [9.17, 15) is 14.4 Å². The third-order valence-electron chi connectivity index (χ3n) is 4.71. The molecule has 0 aliphatic heterocycles. The molecular formula is C28H35N5O3. The Bertz CT molecular complexity index is 1100. The van der Waals surface area contributed by atoms with E-state index in [4.69, 9.17) is 11.5 Å². The lowest BCUT2D eigenvalue weighted by Gasteiger charge is -2.20. The number of carbonyl (C=O) groups excluding carboxylic acids is 3. The van der Waals surface area contributed by atoms with E-state index >= 15 is 0 Å². The predicted octanol–water partition coefficient (Wildman–Crippen LogP) is 4.11. The Balaban J connectivity index is 0.000000809. The van der Waals surface area contributed by atoms with Crippen LogP contribution >= 0.6 is 0 Å². The molecule has 0 aromatic heterocycles. The molecule has 0 saturated carbocycles. The first kappa shape index (κ1) is 29.4. The van der Waals surface area contributed by atoms with Gasteiger partial charge in [-0.1, -0.05) is 54.6 Å². The number of para-hydroxylation sites is 2. The molecule has 0 saturated heterocycles. The minimum Gasteiger partial charge on any atom is -0.397 e. The number of likely N-dealkylation sites (N-methyl/N-ethyl adjacent to an activating group) is 1. The summed E-state index contributed by atoms with van der Waals surface area (Å²) in [6.07, 6.45) is 13.8. The van der Waals surface area contributed by atoms with Crippen molar-refractivity contribution >= 4 is 29.6 Å². The Kier molecular flexibility index (Phi) is 13.9. The minimum absolute atomic E-state index is 0.215. The van der Waals surface area contributed by atoms with Gasteiger partial charge in [0, 0.05) is 31.8 Å². The molecule has 2 aromatic rings. The quantitative estimate of drug-likeness (QED) is 0.163. The fourth-order valence-corrected chi connectivity index (χ4v) is 2.84. The van der Waals surface area contributed by atoms with Gasteiger partial charge in [0.15, 0.2) is 0 Å². The molecule has 0 aliphatic carbocycles. The van der Waals surface area contributed by atoms with Gasteiger partial charge in [-0.05, 0) is 49.8 Å². The van der Waals surface area contributed by atoms with Gasteiger partial charge in [-0.25, -0.2) is 0 Å². The molecular weight excluding hydrogens is 454 g/mol. The second-order valence-electron chi connectivity index (χ2n) is 7.57. The van der Waals surface area contributed by atoms with Crippen LogP contribution in [0.5, 0.6) is 0 Å². The number of rotatable bonds is 11. The maximum absolute atomic E-state index is 12.4. The van der Waals surface area contributed by atoms with Crippen LogP contribution in [-0.2, 0) is 16.1 Å². The molecule has 36 heavy (non-hydrogen) atoms. The number of hydrogen-bond acceptors (Lipinski definition) is 5. The molecule has 0 spiro atoms. The molecule has 8 nitrogen and oxygen atoms in total. The van der Waals surface area contributed by atoms with Crippen molar-refractivity contribution in [2.75, 3.05) is 18.1 Å². The minimum atomic E-state index is -0.280. The van der Waals surface area contributed by atoms with Crippen molar-refractivity contribution in [3.63, 3.8) is 0 Å². The van der Waals surface area contributed by atoms with Gasteiger partial charge in [0.25, 0.3) is 5.91 Å². The lowest BCUT2D eigenvalue weighted by atomic mass is 10.1. The van der Waals surface area contributed by atoms with Gasteiger partial charge in [-0.2, -0.15) is 0 Å². The van der Waals surface area contributed by atoms with Crippen LogP contribution in [0.2, 0.25) is 0 Å². The molecule has 2 aromatic carbocycles. The van der Waals surface area contributed by atoms with Crippen LogP contribution in [0.15, 0.2) is 96.9 Å². The van der Waals surface area contributed by atoms with Gasteiger partial charge in [0.2, 0.25) is 12.3 Å². The maximum atomic E-state index is 12.4. The number of benzene rings is 2. The van der Waals surface area contributed by atoms with Gasteiger partial charge in [0.05, 0.1) is 17.1 Å². The Morgan fingerprint density at radius 3 is 2.25 bits per heavy atom. The highest BCUT2D eigenvalue weighted by Crippen LogP contribution is 2.18. The number of amides is 3. The zero-order valence-electron chi connectivity index (χ0n) is 21.0. The molecule has 0 atom stereocenters. The van der Waals surface area contributed by atoms with E-state index in [1.54, 1.807) is 42.6 Å². The molecule has 0 bridgehead atoms. The molecule has 0 heterocycles. The van der Waals surface area contributed by atoms with Crippen molar-refractivity contribution in [1.29, 1.82) is 0 Å². The second kappa shape index (κ2) is 16.9. The first-order valence-corrected chi connectivity index (χ1v) is 11.4. The first-order valence-electron chi connectivity index (χ1n) is 11.4. The monoisotopic (exact) mass is 489 g/mol. The Labute approximate surface area is 213 Å². The van der Waals surface area contributed by atoms with Gasteiger partial charge in [-0.15, -0.1) is 0 Å². The van der Waals surface area contributed by atoms with Crippen molar-refractivity contribution in [2.24, 2.45) is 5.73 Å². The van der Waals surface area contributed by atoms with Crippen LogP contribution in [0.4, 0.5) is 11.4 Å². The second-order valence-corrected chi connectivity index (χ2v) is 7.57. The van der Waals surface area contributed by atoms with E-state index in [-0.39, 0.29) is 11.8 Å². The number of anilines is 2. The number of nitrogens with two attached hydrogens (primary N) is 2. The SMILES string of the molecule is C/C=C/CC(N)=O.C\C=C/C=C\C(=C\NC=O)N(C)Cc1ccc(C(=O)Nc2ccccc2N)cc1. The van der Waals surface area contributed by atoms with E-state index in [1.807, 2.05) is 74.4 Å². The van der Waals surface area contributed by atoms with Crippen LogP contribution in [-0.4, -0.2) is 30.2 Å². The van der Waals surface area contributed by atoms with Crippen molar-refractivity contribution < 1.29 is 14.4 Å². The van der Waals surface area contributed by atoms with Crippen molar-refractivity contribution in [3.8, 4) is 0 Å². The maximum Gasteiger partial charge on any atom is 0.255 e. The van der Waals surface area contributed by atoms with Gasteiger partial charge in [0.1, 0.15) is 0 Å². The van der Waals surface area contributed by atoms with Crippen molar-refractivity contribution in [1.82, 2.24) is 10.2 Å². The summed E-state index contributed by atoms with van der Waals surface area (Å²) in [5.41, 5.74) is 14.2. The molecule has 3 amide bonds. The summed E-state index contributed by atoms with van der Waals surface area (Å²) in [4.78, 5) is 35.0. The zero-order valence-corrected chi connectivity index (χ0v) is 21.0. The summed E-state index contributed by atoms with van der Waals surface area (Å²) in [5.74, 6) is -0.494. The standard InChI is InChI=1S/C23H26N4O2.C5H9NO/c1-3-4-5-8-20(15-25-17-28)27(2)16-18-11-13-19(14-12-18)23(29)26-22-10-7-6-9-21(22)24;1-2-3-4-5(6)7/h3-15,17H,16,24H2,1-2H3,(H,25,28)(H,26,29);2-3H,4H2,1H3,(H2,6,7)/b4-3-,8-5-,20-15-;3-2+. The number of nitrogens with one attached hydrogen (secondary N) is 2. The van der Waals surface area contributed by atoms with Crippen LogP contribution in [0.1, 0.15) is 36.2 Å². The molecule has 0 aliphatic rings. The van der Waals surface area contributed by atoms with Crippen molar-refractivity contribution in [2.45, 2.75) is 26.8 Å². The molecule has 0 radical (unpaired) electrons. The summed E-state index contributed by atoms with van der Waals surface area (Å²) in [6, 6.07) is 14.5. The molecule has 0 fully saturated rings. The van der Waals surface area contributed by atoms with E-state index in [2.05, 4.69) is 10.6 Å². The Morgan fingerprint density at radius 1 is 1.00 bits per heavy atom. The topological polar surface area (TPSA) is 131 Å². The van der Waals surface area contributed by atoms with Gasteiger partial charge < -0.3 is 27.0 Å². The van der Waals surface area contributed by atoms with Crippen LogP contribution in [0.3, 0.4) is 0 Å². The fraction of sp³-hybridized carbons (Fsp3) is 0.179. The lowest BCUT2D eigenvalue weighted by molar-refractivity contribution is -0.117. The largest absolute Gasteiger partial charge is 0.397 e. The Hall–Kier alpha value is -4.59. The molecule has 8 heteroatoms. The predicted molar refractivity (Wildman–Crippen MR) is 147 cm³/mol. The number of carbonyl (C=O) groups is 3. The molecule has 190 valence electrons. The average molecular weight is 490 g/mol. The van der Waals surface area contributed by atoms with Crippen molar-refractivity contribution in [3.05, 3.63) is 108 Å². The number of allylic oxidation sites excluding steroid dienone is 5. The van der Waals surface area contributed by atoms with Gasteiger partial charge >= 0.3 is 0 Å². The number of nitrogen functional groups attached to an aromatic ring is 1. The molecule has 2 rings (SSSR count). The highest BCUT2D eigenvalue weighted by Gasteiger charge is 2.09. The summed E-state index contributed by atoms with van der Waals surface area (Å²) in [7, 11) is 1.93. The van der Waals surface area contributed by atoms with Crippen LogP contribution < -0.4 is 22.1 Å². The number of hydrogen-bond donors (Lipinski definition) is 4. The number of nitrogens with zero attached hydrogens (tertiary/aromatic N) is 1. The molecule has 0 unspecified atom stereocenters. The average Bonchev–Trinajstić information content (AvgIpc) is 2.87. The molecule has 6 N–H and O–H groups in total. The summed E-state index contributed by atoms with van der Waals surface area (Å²) >= 11 is 0.